The van der Waals surface area contributed by atoms with Gasteiger partial charge in [0.25, 0.3) is 0 Å². The summed E-state index contributed by atoms with van der Waals surface area (Å²) in [6, 6.07) is 12.6. The maximum atomic E-state index is 12.9. The molecule has 1 aliphatic heterocycles. The Kier molecular flexibility index (Phi) is 5.27. The molecular weight excluding hydrogens is 342 g/mol. The van der Waals surface area contributed by atoms with E-state index in [9.17, 15) is 4.79 Å². The van der Waals surface area contributed by atoms with Gasteiger partial charge in [-0.05, 0) is 46.9 Å². The van der Waals surface area contributed by atoms with Crippen LogP contribution in [0.4, 0.5) is 0 Å². The Morgan fingerprint density at radius 2 is 2.19 bits per heavy atom. The Hall–Kier alpha value is -2.24. The van der Waals surface area contributed by atoms with Crippen molar-refractivity contribution in [3.05, 3.63) is 65.3 Å². The van der Waals surface area contributed by atoms with Crippen LogP contribution in [-0.2, 0) is 11.2 Å². The van der Waals surface area contributed by atoms with E-state index >= 15 is 0 Å². The Morgan fingerprint density at radius 3 is 3.08 bits per heavy atom. The molecule has 1 saturated heterocycles. The largest absolute Gasteiger partial charge is 0.333 e. The van der Waals surface area contributed by atoms with E-state index in [0.717, 1.165) is 38.0 Å². The first-order valence-corrected chi connectivity index (χ1v) is 10.1. The summed E-state index contributed by atoms with van der Waals surface area (Å²) in [4.78, 5) is 19.1. The minimum atomic E-state index is 0.0897. The number of rotatable bonds is 5. The lowest BCUT2D eigenvalue weighted by atomic mass is 10.0. The third-order valence-corrected chi connectivity index (χ3v) is 6.04. The fourth-order valence-corrected chi connectivity index (χ4v) is 4.67. The minimum Gasteiger partial charge on any atom is -0.333 e. The van der Waals surface area contributed by atoms with Crippen molar-refractivity contribution in [2.45, 2.75) is 25.3 Å². The number of aromatic nitrogens is 1. The number of nitrogens with one attached hydrogen (secondary N) is 1. The van der Waals surface area contributed by atoms with Crippen LogP contribution < -0.4 is 5.32 Å². The van der Waals surface area contributed by atoms with Crippen LogP contribution in [0.15, 0.2) is 54.2 Å². The molecule has 1 amide bonds. The first-order valence-electron chi connectivity index (χ1n) is 9.18. The van der Waals surface area contributed by atoms with Gasteiger partial charge in [0.1, 0.15) is 0 Å². The average molecular weight is 366 g/mol. The van der Waals surface area contributed by atoms with E-state index in [0.29, 0.717) is 6.42 Å². The lowest BCUT2D eigenvalue weighted by Crippen LogP contribution is -2.48. The van der Waals surface area contributed by atoms with Crippen molar-refractivity contribution in [1.29, 1.82) is 0 Å². The number of nitrogens with zero attached hydrogens (tertiary/aromatic N) is 2. The van der Waals surface area contributed by atoms with Crippen LogP contribution in [0.2, 0.25) is 0 Å². The molecule has 1 aliphatic rings. The SMILES string of the molecule is O=C(CCCc1csc2ccccc12)N1CCNCC1c1cccnc1. The molecule has 134 valence electrons. The highest BCUT2D eigenvalue weighted by atomic mass is 32.1. The van der Waals surface area contributed by atoms with Gasteiger partial charge in [0.15, 0.2) is 0 Å². The van der Waals surface area contributed by atoms with Gasteiger partial charge in [-0.15, -0.1) is 11.3 Å². The van der Waals surface area contributed by atoms with Gasteiger partial charge in [0, 0.05) is 43.1 Å². The van der Waals surface area contributed by atoms with Crippen molar-refractivity contribution in [2.24, 2.45) is 0 Å². The molecule has 3 aromatic rings. The number of carbonyl (C=O) groups is 1. The fourth-order valence-electron chi connectivity index (χ4n) is 3.67. The van der Waals surface area contributed by atoms with Gasteiger partial charge in [0.05, 0.1) is 6.04 Å². The van der Waals surface area contributed by atoms with Crippen molar-refractivity contribution in [2.75, 3.05) is 19.6 Å². The Morgan fingerprint density at radius 1 is 1.27 bits per heavy atom. The zero-order chi connectivity index (χ0) is 17.8. The van der Waals surface area contributed by atoms with E-state index in [4.69, 9.17) is 0 Å². The van der Waals surface area contributed by atoms with Crippen molar-refractivity contribution in [3.63, 3.8) is 0 Å². The first kappa shape index (κ1) is 17.2. The predicted molar refractivity (Wildman–Crippen MR) is 106 cm³/mol. The summed E-state index contributed by atoms with van der Waals surface area (Å²) in [5, 5.41) is 6.96. The third kappa shape index (κ3) is 3.64. The second-order valence-electron chi connectivity index (χ2n) is 6.70. The van der Waals surface area contributed by atoms with E-state index in [1.807, 2.05) is 17.2 Å². The molecule has 0 saturated carbocycles. The average Bonchev–Trinajstić information content (AvgIpc) is 3.12. The van der Waals surface area contributed by atoms with Gasteiger partial charge in [-0.2, -0.15) is 0 Å². The number of pyridine rings is 1. The topological polar surface area (TPSA) is 45.2 Å². The van der Waals surface area contributed by atoms with E-state index in [1.54, 1.807) is 17.5 Å². The Bertz CT molecular complexity index is 877. The van der Waals surface area contributed by atoms with E-state index in [-0.39, 0.29) is 11.9 Å². The number of piperazine rings is 1. The smallest absolute Gasteiger partial charge is 0.223 e. The second-order valence-corrected chi connectivity index (χ2v) is 7.62. The standard InChI is InChI=1S/C21H23N3OS/c25-21(9-3-5-17-15-26-20-8-2-1-7-18(17)20)24-12-11-23-14-19(24)16-6-4-10-22-13-16/h1-2,4,6-8,10,13,15,19,23H,3,5,9,11-12,14H2. The number of amides is 1. The summed E-state index contributed by atoms with van der Waals surface area (Å²) in [7, 11) is 0. The molecule has 0 spiro atoms. The van der Waals surface area contributed by atoms with Gasteiger partial charge in [-0.3, -0.25) is 9.78 Å². The molecular formula is C21H23N3OS. The lowest BCUT2D eigenvalue weighted by molar-refractivity contribution is -0.134. The van der Waals surface area contributed by atoms with E-state index < -0.39 is 0 Å². The maximum Gasteiger partial charge on any atom is 0.223 e. The molecule has 0 radical (unpaired) electrons. The summed E-state index contributed by atoms with van der Waals surface area (Å²) in [5.74, 6) is 0.250. The predicted octanol–water partition coefficient (Wildman–Crippen LogP) is 3.79. The molecule has 1 unspecified atom stereocenters. The van der Waals surface area contributed by atoms with Gasteiger partial charge < -0.3 is 10.2 Å². The minimum absolute atomic E-state index is 0.0897. The third-order valence-electron chi connectivity index (χ3n) is 5.03. The molecule has 26 heavy (non-hydrogen) atoms. The zero-order valence-corrected chi connectivity index (χ0v) is 15.5. The van der Waals surface area contributed by atoms with Crippen molar-refractivity contribution in [3.8, 4) is 0 Å². The fraction of sp³-hybridized carbons (Fsp3) is 0.333. The van der Waals surface area contributed by atoms with Crippen molar-refractivity contribution in [1.82, 2.24) is 15.2 Å². The van der Waals surface area contributed by atoms with Gasteiger partial charge in [0.2, 0.25) is 5.91 Å². The van der Waals surface area contributed by atoms with Crippen LogP contribution in [0.1, 0.15) is 30.0 Å². The molecule has 0 aliphatic carbocycles. The van der Waals surface area contributed by atoms with E-state index in [2.05, 4.69) is 46.0 Å². The normalized spacial score (nSPS) is 17.5. The van der Waals surface area contributed by atoms with Gasteiger partial charge in [-0.1, -0.05) is 24.3 Å². The van der Waals surface area contributed by atoms with Gasteiger partial charge in [-0.25, -0.2) is 0 Å². The van der Waals surface area contributed by atoms with Crippen LogP contribution in [-0.4, -0.2) is 35.4 Å². The Balaban J connectivity index is 1.39. The van der Waals surface area contributed by atoms with Crippen LogP contribution in [0, 0.1) is 0 Å². The van der Waals surface area contributed by atoms with Crippen LogP contribution in [0.5, 0.6) is 0 Å². The number of benzene rings is 1. The van der Waals surface area contributed by atoms with Crippen LogP contribution in [0.3, 0.4) is 0 Å². The molecule has 1 atom stereocenters. The Labute approximate surface area is 157 Å². The van der Waals surface area contributed by atoms with Crippen LogP contribution >= 0.6 is 11.3 Å². The van der Waals surface area contributed by atoms with Crippen molar-refractivity contribution < 1.29 is 4.79 Å². The number of aryl methyl sites for hydroxylation is 1. The lowest BCUT2D eigenvalue weighted by Gasteiger charge is -2.36. The molecule has 2 aromatic heterocycles. The summed E-state index contributed by atoms with van der Waals surface area (Å²) in [6.07, 6.45) is 6.09. The number of fused-ring (bicyclic) bond motifs is 1. The first-order chi connectivity index (χ1) is 12.8. The van der Waals surface area contributed by atoms with Crippen LogP contribution in [0.25, 0.3) is 10.1 Å². The highest BCUT2D eigenvalue weighted by molar-refractivity contribution is 7.17. The van der Waals surface area contributed by atoms with Crippen molar-refractivity contribution >= 4 is 27.3 Å². The highest BCUT2D eigenvalue weighted by Gasteiger charge is 2.27. The molecule has 1 fully saturated rings. The summed E-state index contributed by atoms with van der Waals surface area (Å²) in [5.41, 5.74) is 2.47. The quantitative estimate of drug-likeness (QED) is 0.748. The molecule has 4 rings (SSSR count). The summed E-state index contributed by atoms with van der Waals surface area (Å²) >= 11 is 1.79. The molecule has 3 heterocycles. The monoisotopic (exact) mass is 365 g/mol. The highest BCUT2D eigenvalue weighted by Crippen LogP contribution is 2.27. The molecule has 5 heteroatoms. The summed E-state index contributed by atoms with van der Waals surface area (Å²) < 4.78 is 1.33. The zero-order valence-electron chi connectivity index (χ0n) is 14.7. The molecule has 0 bridgehead atoms. The molecule has 1 N–H and O–H groups in total. The number of thiophene rings is 1. The summed E-state index contributed by atoms with van der Waals surface area (Å²) in [6.45, 7) is 2.42. The number of carbonyl (C=O) groups excluding carboxylic acids is 1. The molecule has 1 aromatic carbocycles. The maximum absolute atomic E-state index is 12.9. The number of hydrogen-bond acceptors (Lipinski definition) is 4. The van der Waals surface area contributed by atoms with E-state index in [1.165, 1.54) is 15.6 Å². The van der Waals surface area contributed by atoms with Gasteiger partial charge >= 0.3 is 0 Å². The second kappa shape index (κ2) is 7.98. The molecule has 4 nitrogen and oxygen atoms in total. The number of hydrogen-bond donors (Lipinski definition) is 1.